The number of nitro groups is 1. The average molecular weight is 218 g/mol. The maximum Gasteiger partial charge on any atom is 0.296 e. The van der Waals surface area contributed by atoms with Crippen molar-refractivity contribution >= 4 is 5.69 Å². The Morgan fingerprint density at radius 1 is 1.31 bits per heavy atom. The highest BCUT2D eigenvalue weighted by molar-refractivity contribution is 5.56. The maximum atomic E-state index is 10.9. The SMILES string of the molecule is COc1ccc(-n2cccc2)c([N+](=O)[O-])c1. The average Bonchev–Trinajstić information content (AvgIpc) is 2.81. The third-order valence-corrected chi connectivity index (χ3v) is 2.26. The van der Waals surface area contributed by atoms with Crippen LogP contribution in [0.25, 0.3) is 5.69 Å². The third-order valence-electron chi connectivity index (χ3n) is 2.26. The number of hydrogen-bond acceptors (Lipinski definition) is 3. The first-order chi connectivity index (χ1) is 7.72. The lowest BCUT2D eigenvalue weighted by Gasteiger charge is -2.06. The minimum Gasteiger partial charge on any atom is -0.496 e. The normalized spacial score (nSPS) is 10.1. The van der Waals surface area contributed by atoms with Crippen LogP contribution in [-0.4, -0.2) is 16.6 Å². The first-order valence-corrected chi connectivity index (χ1v) is 4.68. The Hall–Kier alpha value is -2.30. The number of benzene rings is 1. The van der Waals surface area contributed by atoms with Gasteiger partial charge in [0.25, 0.3) is 5.69 Å². The number of aromatic nitrogens is 1. The monoisotopic (exact) mass is 218 g/mol. The summed E-state index contributed by atoms with van der Waals surface area (Å²) in [7, 11) is 1.48. The fourth-order valence-corrected chi connectivity index (χ4v) is 1.49. The molecule has 0 saturated heterocycles. The number of methoxy groups -OCH3 is 1. The summed E-state index contributed by atoms with van der Waals surface area (Å²) < 4.78 is 6.66. The zero-order valence-electron chi connectivity index (χ0n) is 8.66. The highest BCUT2D eigenvalue weighted by atomic mass is 16.6. The molecule has 82 valence electrons. The predicted molar refractivity (Wildman–Crippen MR) is 59.0 cm³/mol. The number of nitrogens with zero attached hydrogens (tertiary/aromatic N) is 2. The molecule has 0 bridgehead atoms. The second-order valence-corrected chi connectivity index (χ2v) is 3.20. The Morgan fingerprint density at radius 2 is 2.00 bits per heavy atom. The van der Waals surface area contributed by atoms with Crippen molar-refractivity contribution in [2.75, 3.05) is 7.11 Å². The summed E-state index contributed by atoms with van der Waals surface area (Å²) in [5.41, 5.74) is 0.548. The molecule has 0 spiro atoms. The summed E-state index contributed by atoms with van der Waals surface area (Å²) in [4.78, 5) is 10.5. The van der Waals surface area contributed by atoms with Crippen LogP contribution < -0.4 is 4.74 Å². The van der Waals surface area contributed by atoms with E-state index < -0.39 is 4.92 Å². The van der Waals surface area contributed by atoms with Crippen molar-refractivity contribution in [3.63, 3.8) is 0 Å². The molecule has 5 heteroatoms. The van der Waals surface area contributed by atoms with Crippen LogP contribution in [0, 0.1) is 10.1 Å². The van der Waals surface area contributed by atoms with Gasteiger partial charge in [0.05, 0.1) is 18.1 Å². The summed E-state index contributed by atoms with van der Waals surface area (Å²) >= 11 is 0. The van der Waals surface area contributed by atoms with E-state index >= 15 is 0 Å². The standard InChI is InChI=1S/C11H10N2O3/c1-16-9-4-5-10(11(8-9)13(14)15)12-6-2-3-7-12/h2-8H,1H3. The Labute approximate surface area is 92.0 Å². The molecule has 0 amide bonds. The molecule has 0 fully saturated rings. The lowest BCUT2D eigenvalue weighted by atomic mass is 10.2. The highest BCUT2D eigenvalue weighted by Gasteiger charge is 2.15. The van der Waals surface area contributed by atoms with E-state index in [0.717, 1.165) is 0 Å². The summed E-state index contributed by atoms with van der Waals surface area (Å²) in [6.07, 6.45) is 3.52. The number of nitro benzene ring substituents is 1. The molecule has 0 radical (unpaired) electrons. The lowest BCUT2D eigenvalue weighted by Crippen LogP contribution is -1.98. The van der Waals surface area contributed by atoms with Crippen molar-refractivity contribution in [1.29, 1.82) is 0 Å². The van der Waals surface area contributed by atoms with E-state index in [0.29, 0.717) is 11.4 Å². The summed E-state index contributed by atoms with van der Waals surface area (Å²) in [6, 6.07) is 8.40. The number of ether oxygens (including phenoxy) is 1. The molecule has 1 aromatic carbocycles. The van der Waals surface area contributed by atoms with Crippen molar-refractivity contribution in [3.05, 3.63) is 52.8 Å². The molecular formula is C11H10N2O3. The van der Waals surface area contributed by atoms with Crippen LogP contribution in [0.3, 0.4) is 0 Å². The largest absolute Gasteiger partial charge is 0.496 e. The molecule has 0 aliphatic heterocycles. The minimum atomic E-state index is -0.419. The van der Waals surface area contributed by atoms with Crippen LogP contribution in [0.1, 0.15) is 0 Å². The molecule has 2 rings (SSSR count). The zero-order chi connectivity index (χ0) is 11.5. The van der Waals surface area contributed by atoms with Gasteiger partial charge >= 0.3 is 0 Å². The van der Waals surface area contributed by atoms with Gasteiger partial charge in [-0.2, -0.15) is 0 Å². The van der Waals surface area contributed by atoms with Crippen LogP contribution in [-0.2, 0) is 0 Å². The summed E-state index contributed by atoms with van der Waals surface area (Å²) in [5.74, 6) is 0.475. The van der Waals surface area contributed by atoms with Gasteiger partial charge in [-0.25, -0.2) is 0 Å². The molecule has 0 unspecified atom stereocenters. The van der Waals surface area contributed by atoms with Gasteiger partial charge in [0.1, 0.15) is 11.4 Å². The van der Waals surface area contributed by atoms with Crippen LogP contribution in [0.2, 0.25) is 0 Å². The molecule has 0 saturated carbocycles. The second kappa shape index (κ2) is 4.06. The van der Waals surface area contributed by atoms with Gasteiger partial charge in [-0.3, -0.25) is 10.1 Å². The van der Waals surface area contributed by atoms with E-state index in [2.05, 4.69) is 0 Å². The van der Waals surface area contributed by atoms with E-state index in [4.69, 9.17) is 4.74 Å². The first kappa shape index (κ1) is 10.2. The van der Waals surface area contributed by atoms with Crippen LogP contribution in [0.4, 0.5) is 5.69 Å². The molecule has 0 aliphatic carbocycles. The first-order valence-electron chi connectivity index (χ1n) is 4.68. The van der Waals surface area contributed by atoms with E-state index in [1.54, 1.807) is 29.1 Å². The van der Waals surface area contributed by atoms with Gasteiger partial charge < -0.3 is 9.30 Å². The van der Waals surface area contributed by atoms with Crippen LogP contribution in [0.5, 0.6) is 5.75 Å². The van der Waals surface area contributed by atoms with E-state index in [9.17, 15) is 10.1 Å². The molecule has 5 nitrogen and oxygen atoms in total. The number of rotatable bonds is 3. The van der Waals surface area contributed by atoms with Gasteiger partial charge in [0, 0.05) is 12.4 Å². The zero-order valence-corrected chi connectivity index (χ0v) is 8.66. The van der Waals surface area contributed by atoms with Gasteiger partial charge in [0.15, 0.2) is 0 Å². The smallest absolute Gasteiger partial charge is 0.296 e. The van der Waals surface area contributed by atoms with Crippen molar-refractivity contribution in [2.45, 2.75) is 0 Å². The molecule has 0 atom stereocenters. The third kappa shape index (κ3) is 1.75. The molecule has 0 N–H and O–H groups in total. The quantitative estimate of drug-likeness (QED) is 0.587. The minimum absolute atomic E-state index is 0.0237. The Bertz CT molecular complexity index is 506. The maximum absolute atomic E-state index is 10.9. The second-order valence-electron chi connectivity index (χ2n) is 3.20. The predicted octanol–water partition coefficient (Wildman–Crippen LogP) is 2.39. The molecule has 0 aliphatic rings. The van der Waals surface area contributed by atoms with Crippen molar-refractivity contribution in [3.8, 4) is 11.4 Å². The molecule has 1 heterocycles. The van der Waals surface area contributed by atoms with Crippen LogP contribution >= 0.6 is 0 Å². The highest BCUT2D eigenvalue weighted by Crippen LogP contribution is 2.27. The fourth-order valence-electron chi connectivity index (χ4n) is 1.49. The summed E-state index contributed by atoms with van der Waals surface area (Å²) in [6.45, 7) is 0. The van der Waals surface area contributed by atoms with Gasteiger partial charge in [-0.15, -0.1) is 0 Å². The lowest BCUT2D eigenvalue weighted by molar-refractivity contribution is -0.384. The molecular weight excluding hydrogens is 208 g/mol. The van der Waals surface area contributed by atoms with Gasteiger partial charge in [-0.1, -0.05) is 0 Å². The van der Waals surface area contributed by atoms with E-state index in [1.807, 2.05) is 12.1 Å². The van der Waals surface area contributed by atoms with Gasteiger partial charge in [0.2, 0.25) is 0 Å². The van der Waals surface area contributed by atoms with Crippen molar-refractivity contribution in [1.82, 2.24) is 4.57 Å². The van der Waals surface area contributed by atoms with Crippen LogP contribution in [0.15, 0.2) is 42.7 Å². The van der Waals surface area contributed by atoms with Crippen molar-refractivity contribution < 1.29 is 9.66 Å². The Balaban J connectivity index is 2.57. The Kier molecular flexibility index (Phi) is 2.59. The fraction of sp³-hybridized carbons (Fsp3) is 0.0909. The topological polar surface area (TPSA) is 57.3 Å². The molecule has 16 heavy (non-hydrogen) atoms. The van der Waals surface area contributed by atoms with E-state index in [-0.39, 0.29) is 5.69 Å². The van der Waals surface area contributed by atoms with Crippen molar-refractivity contribution in [2.24, 2.45) is 0 Å². The summed E-state index contributed by atoms with van der Waals surface area (Å²) in [5, 5.41) is 10.9. The van der Waals surface area contributed by atoms with Gasteiger partial charge in [-0.05, 0) is 24.3 Å². The Morgan fingerprint density at radius 3 is 2.56 bits per heavy atom. The molecule has 1 aromatic heterocycles. The molecule has 2 aromatic rings. The number of hydrogen-bond donors (Lipinski definition) is 0. The van der Waals surface area contributed by atoms with E-state index in [1.165, 1.54) is 13.2 Å².